The molecule has 9 nitrogen and oxygen atoms in total. The van der Waals surface area contributed by atoms with Crippen molar-refractivity contribution in [3.05, 3.63) is 47.0 Å². The average molecular weight is 567 g/mol. The molecule has 0 saturated carbocycles. The number of guanidine groups is 1. The standard InChI is InChI=1S/C23H33N7O2.HI/c1-3-24-23(26-19-9-10-21-27-20(16-32-2)28-30(21)15-19)25-13-17-6-4-7-18(12-17)14-29-11-5-8-22(29)31;/h4,6-7,12,19H,3,5,8-11,13-16H2,1-2H3,(H2,24,25,26);1H. The summed E-state index contributed by atoms with van der Waals surface area (Å²) in [4.78, 5) is 23.2. The maximum absolute atomic E-state index is 11.9. The number of hydrogen-bond acceptors (Lipinski definition) is 5. The van der Waals surface area contributed by atoms with Crippen LogP contribution in [0.25, 0.3) is 0 Å². The number of aliphatic imine (C=N–C) groups is 1. The number of methoxy groups -OCH3 is 1. The van der Waals surface area contributed by atoms with Crippen LogP contribution in [0.3, 0.4) is 0 Å². The van der Waals surface area contributed by atoms with E-state index in [4.69, 9.17) is 9.73 Å². The normalized spacial score (nSPS) is 18.1. The lowest BCUT2D eigenvalue weighted by Gasteiger charge is -2.25. The van der Waals surface area contributed by atoms with E-state index < -0.39 is 0 Å². The van der Waals surface area contributed by atoms with Gasteiger partial charge in [0, 0.05) is 45.6 Å². The lowest BCUT2D eigenvalue weighted by atomic mass is 10.1. The lowest BCUT2D eigenvalue weighted by Crippen LogP contribution is -2.47. The molecule has 1 amide bonds. The van der Waals surface area contributed by atoms with Gasteiger partial charge >= 0.3 is 0 Å². The van der Waals surface area contributed by atoms with Gasteiger partial charge in [-0.25, -0.2) is 14.7 Å². The molecule has 2 N–H and O–H groups in total. The minimum absolute atomic E-state index is 0. The van der Waals surface area contributed by atoms with E-state index in [0.29, 0.717) is 26.1 Å². The fourth-order valence-electron chi connectivity index (χ4n) is 4.27. The summed E-state index contributed by atoms with van der Waals surface area (Å²) in [6.07, 6.45) is 3.50. The first-order valence-corrected chi connectivity index (χ1v) is 11.5. The van der Waals surface area contributed by atoms with Crippen molar-refractivity contribution in [2.24, 2.45) is 4.99 Å². The van der Waals surface area contributed by atoms with Crippen molar-refractivity contribution in [2.45, 2.75) is 64.9 Å². The molecule has 0 bridgehead atoms. The predicted octanol–water partition coefficient (Wildman–Crippen LogP) is 2.24. The Labute approximate surface area is 212 Å². The van der Waals surface area contributed by atoms with Crippen LogP contribution in [0, 0.1) is 0 Å². The quantitative estimate of drug-likeness (QED) is 0.289. The summed E-state index contributed by atoms with van der Waals surface area (Å²) < 4.78 is 7.13. The number of aromatic nitrogens is 3. The number of carbonyl (C=O) groups excluding carboxylic acids is 1. The monoisotopic (exact) mass is 567 g/mol. The van der Waals surface area contributed by atoms with E-state index in [2.05, 4.69) is 45.8 Å². The van der Waals surface area contributed by atoms with Crippen molar-refractivity contribution >= 4 is 35.8 Å². The maximum atomic E-state index is 11.9. The topological polar surface area (TPSA) is 96.7 Å². The first-order valence-electron chi connectivity index (χ1n) is 11.5. The largest absolute Gasteiger partial charge is 0.377 e. The second kappa shape index (κ2) is 12.3. The van der Waals surface area contributed by atoms with E-state index in [1.54, 1.807) is 7.11 Å². The van der Waals surface area contributed by atoms with Crippen LogP contribution >= 0.6 is 24.0 Å². The van der Waals surface area contributed by atoms with Gasteiger partial charge in [0.1, 0.15) is 12.4 Å². The summed E-state index contributed by atoms with van der Waals surface area (Å²) in [5.41, 5.74) is 2.29. The van der Waals surface area contributed by atoms with Crippen molar-refractivity contribution in [3.8, 4) is 0 Å². The molecule has 1 atom stereocenters. The van der Waals surface area contributed by atoms with Crippen LogP contribution in [-0.4, -0.2) is 57.8 Å². The number of aryl methyl sites for hydroxylation is 1. The van der Waals surface area contributed by atoms with Crippen LogP contribution < -0.4 is 10.6 Å². The first-order chi connectivity index (χ1) is 15.6. The second-order valence-electron chi connectivity index (χ2n) is 8.37. The Hall–Kier alpha value is -2.21. The molecule has 10 heteroatoms. The minimum atomic E-state index is 0. The highest BCUT2D eigenvalue weighted by Gasteiger charge is 2.22. The van der Waals surface area contributed by atoms with E-state index in [1.807, 2.05) is 15.6 Å². The summed E-state index contributed by atoms with van der Waals surface area (Å²) >= 11 is 0. The molecule has 4 rings (SSSR count). The van der Waals surface area contributed by atoms with Crippen LogP contribution in [0.15, 0.2) is 29.3 Å². The summed E-state index contributed by atoms with van der Waals surface area (Å²) in [6.45, 7) is 6.18. The van der Waals surface area contributed by atoms with Gasteiger partial charge in [-0.15, -0.1) is 24.0 Å². The fraction of sp³-hybridized carbons (Fsp3) is 0.565. The zero-order valence-electron chi connectivity index (χ0n) is 19.4. The third-order valence-electron chi connectivity index (χ3n) is 5.82. The minimum Gasteiger partial charge on any atom is -0.377 e. The molecule has 1 aromatic carbocycles. The number of carbonyl (C=O) groups is 1. The zero-order valence-corrected chi connectivity index (χ0v) is 21.7. The molecule has 0 radical (unpaired) electrons. The molecule has 33 heavy (non-hydrogen) atoms. The maximum Gasteiger partial charge on any atom is 0.222 e. The van der Waals surface area contributed by atoms with Gasteiger partial charge in [0.25, 0.3) is 0 Å². The van der Waals surface area contributed by atoms with Gasteiger partial charge in [0.15, 0.2) is 11.8 Å². The number of ether oxygens (including phenoxy) is 1. The van der Waals surface area contributed by atoms with Crippen molar-refractivity contribution in [1.29, 1.82) is 0 Å². The third kappa shape index (κ3) is 6.89. The number of benzene rings is 1. The van der Waals surface area contributed by atoms with Crippen LogP contribution in [0.4, 0.5) is 0 Å². The Morgan fingerprint density at radius 3 is 2.91 bits per heavy atom. The zero-order chi connectivity index (χ0) is 22.3. The summed E-state index contributed by atoms with van der Waals surface area (Å²) in [5, 5.41) is 11.5. The average Bonchev–Trinajstić information content (AvgIpc) is 3.38. The van der Waals surface area contributed by atoms with Gasteiger partial charge in [-0.05, 0) is 30.9 Å². The van der Waals surface area contributed by atoms with Gasteiger partial charge in [-0.3, -0.25) is 4.79 Å². The molecule has 0 aliphatic carbocycles. The van der Waals surface area contributed by atoms with Crippen LogP contribution in [0.1, 0.15) is 49.0 Å². The number of likely N-dealkylation sites (tertiary alicyclic amines) is 1. The Kier molecular flexibility index (Phi) is 9.48. The van der Waals surface area contributed by atoms with E-state index in [9.17, 15) is 4.79 Å². The van der Waals surface area contributed by atoms with E-state index in [1.165, 1.54) is 0 Å². The number of rotatable bonds is 8. The molecule has 3 heterocycles. The van der Waals surface area contributed by atoms with Gasteiger partial charge in [0.05, 0.1) is 13.1 Å². The van der Waals surface area contributed by atoms with Crippen molar-refractivity contribution in [1.82, 2.24) is 30.3 Å². The Bertz CT molecular complexity index is 962. The van der Waals surface area contributed by atoms with Crippen molar-refractivity contribution in [2.75, 3.05) is 20.2 Å². The number of halogens is 1. The predicted molar refractivity (Wildman–Crippen MR) is 137 cm³/mol. The molecule has 1 saturated heterocycles. The summed E-state index contributed by atoms with van der Waals surface area (Å²) in [5.74, 6) is 2.81. The molecule has 1 unspecified atom stereocenters. The molecule has 0 spiro atoms. The molecule has 180 valence electrons. The Morgan fingerprint density at radius 1 is 1.30 bits per heavy atom. The number of amides is 1. The number of nitrogens with zero attached hydrogens (tertiary/aromatic N) is 5. The molecule has 2 aliphatic rings. The SMILES string of the molecule is CCNC(=NCc1cccc(CN2CCCC2=O)c1)NC1CCc2nc(COC)nn2C1.I. The number of nitrogens with one attached hydrogen (secondary N) is 2. The molecule has 2 aromatic rings. The summed E-state index contributed by atoms with van der Waals surface area (Å²) in [6, 6.07) is 8.61. The highest BCUT2D eigenvalue weighted by atomic mass is 127. The molecule has 2 aliphatic heterocycles. The smallest absolute Gasteiger partial charge is 0.222 e. The Morgan fingerprint density at radius 2 is 2.15 bits per heavy atom. The van der Waals surface area contributed by atoms with Gasteiger partial charge < -0.3 is 20.3 Å². The number of fused-ring (bicyclic) bond motifs is 1. The lowest BCUT2D eigenvalue weighted by molar-refractivity contribution is -0.128. The molecular formula is C23H34IN7O2. The van der Waals surface area contributed by atoms with Gasteiger partial charge in [-0.1, -0.05) is 24.3 Å². The van der Waals surface area contributed by atoms with Crippen molar-refractivity contribution in [3.63, 3.8) is 0 Å². The summed E-state index contributed by atoms with van der Waals surface area (Å²) in [7, 11) is 1.66. The highest BCUT2D eigenvalue weighted by molar-refractivity contribution is 14.0. The first kappa shape index (κ1) is 25.4. The van der Waals surface area contributed by atoms with E-state index in [0.717, 1.165) is 67.6 Å². The fourth-order valence-corrected chi connectivity index (χ4v) is 4.27. The second-order valence-corrected chi connectivity index (χ2v) is 8.37. The van der Waals surface area contributed by atoms with Crippen molar-refractivity contribution < 1.29 is 9.53 Å². The highest BCUT2D eigenvalue weighted by Crippen LogP contribution is 2.16. The van der Waals surface area contributed by atoms with Crippen LogP contribution in [0.2, 0.25) is 0 Å². The molecule has 1 fully saturated rings. The van der Waals surface area contributed by atoms with Crippen LogP contribution in [-0.2, 0) is 42.2 Å². The molecule has 1 aromatic heterocycles. The van der Waals surface area contributed by atoms with Gasteiger partial charge in [-0.2, -0.15) is 5.10 Å². The van der Waals surface area contributed by atoms with E-state index in [-0.39, 0.29) is 35.9 Å². The molecular weight excluding hydrogens is 533 g/mol. The Balaban J connectivity index is 0.00000306. The van der Waals surface area contributed by atoms with E-state index >= 15 is 0 Å². The number of hydrogen-bond donors (Lipinski definition) is 2. The van der Waals surface area contributed by atoms with Crippen LogP contribution in [0.5, 0.6) is 0 Å². The van der Waals surface area contributed by atoms with Gasteiger partial charge in [0.2, 0.25) is 5.91 Å². The third-order valence-corrected chi connectivity index (χ3v) is 5.82.